The van der Waals surface area contributed by atoms with Crippen LogP contribution in [0.3, 0.4) is 0 Å². The maximum absolute atomic E-state index is 10.5. The Balaban J connectivity index is 3.00. The summed E-state index contributed by atoms with van der Waals surface area (Å²) in [6, 6.07) is 7.34. The second-order valence-electron chi connectivity index (χ2n) is 3.44. The highest BCUT2D eigenvalue weighted by Crippen LogP contribution is 2.17. The van der Waals surface area contributed by atoms with Crippen LogP contribution in [-0.2, 0) is 24.2 Å². The van der Waals surface area contributed by atoms with Crippen LogP contribution in [0.2, 0.25) is 0 Å². The van der Waals surface area contributed by atoms with Gasteiger partial charge in [-0.15, -0.1) is 0 Å². The fraction of sp³-hybridized carbons (Fsp3) is 0.333. The summed E-state index contributed by atoms with van der Waals surface area (Å²) in [5.74, 6) is -0.879. The molecule has 0 aliphatic rings. The fourth-order valence-corrected chi connectivity index (χ4v) is 1.64. The van der Waals surface area contributed by atoms with Crippen molar-refractivity contribution in [1.29, 1.82) is 5.26 Å². The van der Waals surface area contributed by atoms with Gasteiger partial charge in [0.15, 0.2) is 0 Å². The number of rotatable bonds is 5. The van der Waals surface area contributed by atoms with Crippen molar-refractivity contribution >= 4 is 5.97 Å². The van der Waals surface area contributed by atoms with E-state index >= 15 is 0 Å². The molecule has 2 N–H and O–H groups in total. The van der Waals surface area contributed by atoms with E-state index in [1.807, 2.05) is 6.07 Å². The number of benzene rings is 1. The van der Waals surface area contributed by atoms with Crippen LogP contribution in [0.5, 0.6) is 0 Å². The van der Waals surface area contributed by atoms with Crippen molar-refractivity contribution in [2.45, 2.75) is 25.9 Å². The number of aliphatic hydroxyl groups excluding tert-OH is 1. The van der Waals surface area contributed by atoms with E-state index in [0.29, 0.717) is 12.0 Å². The highest BCUT2D eigenvalue weighted by atomic mass is 16.4. The minimum Gasteiger partial charge on any atom is -0.481 e. The third-order valence-electron chi connectivity index (χ3n) is 2.40. The largest absolute Gasteiger partial charge is 0.481 e. The van der Waals surface area contributed by atoms with E-state index in [-0.39, 0.29) is 19.4 Å². The van der Waals surface area contributed by atoms with Gasteiger partial charge in [-0.2, -0.15) is 5.26 Å². The van der Waals surface area contributed by atoms with E-state index in [1.165, 1.54) is 0 Å². The first-order valence-corrected chi connectivity index (χ1v) is 4.98. The number of hydrogen-bond donors (Lipinski definition) is 2. The normalized spacial score (nSPS) is 9.75. The average molecular weight is 219 g/mol. The molecule has 0 heterocycles. The fourth-order valence-electron chi connectivity index (χ4n) is 1.64. The van der Waals surface area contributed by atoms with Gasteiger partial charge in [-0.25, -0.2) is 0 Å². The van der Waals surface area contributed by atoms with E-state index in [2.05, 4.69) is 0 Å². The number of aliphatic hydroxyl groups is 1. The van der Waals surface area contributed by atoms with Crippen molar-refractivity contribution in [2.24, 2.45) is 0 Å². The monoisotopic (exact) mass is 219 g/mol. The van der Waals surface area contributed by atoms with Crippen molar-refractivity contribution in [3.05, 3.63) is 34.9 Å². The third kappa shape index (κ3) is 3.07. The summed E-state index contributed by atoms with van der Waals surface area (Å²) < 4.78 is 0. The summed E-state index contributed by atoms with van der Waals surface area (Å²) in [6.45, 7) is -0.131. The lowest BCUT2D eigenvalue weighted by Crippen LogP contribution is -2.04. The number of hydrogen-bond acceptors (Lipinski definition) is 3. The standard InChI is InChI=1S/C12H13NO3/c13-7-6-9-2-1-3-10(8-14)11(9)4-5-12(15)16/h1-3,14H,4-6,8H2,(H,15,16). The minimum atomic E-state index is -0.879. The topological polar surface area (TPSA) is 81.3 Å². The molecule has 0 aliphatic carbocycles. The lowest BCUT2D eigenvalue weighted by molar-refractivity contribution is -0.136. The summed E-state index contributed by atoms with van der Waals surface area (Å²) in [7, 11) is 0. The minimum absolute atomic E-state index is 0.00937. The van der Waals surface area contributed by atoms with Crippen LogP contribution in [0.4, 0.5) is 0 Å². The molecule has 1 aromatic carbocycles. The highest BCUT2D eigenvalue weighted by molar-refractivity contribution is 5.67. The summed E-state index contributed by atoms with van der Waals surface area (Å²) >= 11 is 0. The van der Waals surface area contributed by atoms with Crippen molar-refractivity contribution in [2.75, 3.05) is 0 Å². The molecule has 0 saturated carbocycles. The van der Waals surface area contributed by atoms with Crippen molar-refractivity contribution in [3.8, 4) is 6.07 Å². The molecule has 4 heteroatoms. The van der Waals surface area contributed by atoms with Gasteiger partial charge in [-0.05, 0) is 23.1 Å². The summed E-state index contributed by atoms with van der Waals surface area (Å²) in [6.07, 6.45) is 0.599. The molecular formula is C12H13NO3. The van der Waals surface area contributed by atoms with E-state index in [9.17, 15) is 4.79 Å². The molecular weight excluding hydrogens is 206 g/mol. The van der Waals surface area contributed by atoms with Crippen LogP contribution in [0, 0.1) is 11.3 Å². The van der Waals surface area contributed by atoms with Gasteiger partial charge in [0.2, 0.25) is 0 Å². The van der Waals surface area contributed by atoms with Gasteiger partial charge < -0.3 is 10.2 Å². The Morgan fingerprint density at radius 3 is 2.62 bits per heavy atom. The Kier molecular flexibility index (Phi) is 4.49. The van der Waals surface area contributed by atoms with Gasteiger partial charge in [-0.3, -0.25) is 4.79 Å². The maximum Gasteiger partial charge on any atom is 0.303 e. The zero-order chi connectivity index (χ0) is 12.0. The average Bonchev–Trinajstić information content (AvgIpc) is 2.27. The Morgan fingerprint density at radius 2 is 2.06 bits per heavy atom. The Morgan fingerprint density at radius 1 is 1.38 bits per heavy atom. The molecule has 1 aromatic rings. The summed E-state index contributed by atoms with van der Waals surface area (Å²) in [5, 5.41) is 26.4. The van der Waals surface area contributed by atoms with E-state index in [0.717, 1.165) is 11.1 Å². The number of nitriles is 1. The van der Waals surface area contributed by atoms with E-state index in [1.54, 1.807) is 18.2 Å². The summed E-state index contributed by atoms with van der Waals surface area (Å²) in [4.78, 5) is 10.5. The molecule has 0 fully saturated rings. The molecule has 84 valence electrons. The first-order chi connectivity index (χ1) is 7.69. The van der Waals surface area contributed by atoms with Crippen molar-refractivity contribution in [1.82, 2.24) is 0 Å². The smallest absolute Gasteiger partial charge is 0.303 e. The predicted octanol–water partition coefficient (Wildman–Crippen LogP) is 1.26. The SMILES string of the molecule is N#CCc1cccc(CO)c1CCC(=O)O. The zero-order valence-electron chi connectivity index (χ0n) is 8.81. The quantitative estimate of drug-likeness (QED) is 0.781. The first-order valence-electron chi connectivity index (χ1n) is 4.98. The van der Waals surface area contributed by atoms with Crippen LogP contribution in [0.15, 0.2) is 18.2 Å². The number of carboxylic acids is 1. The van der Waals surface area contributed by atoms with Crippen molar-refractivity contribution in [3.63, 3.8) is 0 Å². The van der Waals surface area contributed by atoms with Gasteiger partial charge in [0, 0.05) is 6.42 Å². The molecule has 16 heavy (non-hydrogen) atoms. The predicted molar refractivity (Wildman–Crippen MR) is 57.6 cm³/mol. The van der Waals surface area contributed by atoms with E-state index in [4.69, 9.17) is 15.5 Å². The Hall–Kier alpha value is -1.86. The Bertz CT molecular complexity index is 421. The molecule has 0 aliphatic heterocycles. The number of carboxylic acid groups (broad SMARTS) is 1. The number of aliphatic carboxylic acids is 1. The molecule has 0 aromatic heterocycles. The van der Waals surface area contributed by atoms with Crippen molar-refractivity contribution < 1.29 is 15.0 Å². The zero-order valence-corrected chi connectivity index (χ0v) is 8.81. The van der Waals surface area contributed by atoms with Gasteiger partial charge in [0.25, 0.3) is 0 Å². The molecule has 1 rings (SSSR count). The van der Waals surface area contributed by atoms with Crippen LogP contribution >= 0.6 is 0 Å². The first kappa shape index (κ1) is 12.2. The summed E-state index contributed by atoms with van der Waals surface area (Å²) in [5.41, 5.74) is 2.29. The third-order valence-corrected chi connectivity index (χ3v) is 2.40. The van der Waals surface area contributed by atoms with Gasteiger partial charge >= 0.3 is 5.97 Å². The molecule has 0 radical (unpaired) electrons. The second-order valence-corrected chi connectivity index (χ2v) is 3.44. The molecule has 0 unspecified atom stereocenters. The van der Waals surface area contributed by atoms with Gasteiger partial charge in [0.05, 0.1) is 19.1 Å². The highest BCUT2D eigenvalue weighted by Gasteiger charge is 2.09. The van der Waals surface area contributed by atoms with Crippen LogP contribution in [-0.4, -0.2) is 16.2 Å². The number of carbonyl (C=O) groups is 1. The molecule has 4 nitrogen and oxygen atoms in total. The maximum atomic E-state index is 10.5. The Labute approximate surface area is 93.8 Å². The molecule has 0 spiro atoms. The molecule has 0 saturated heterocycles. The van der Waals surface area contributed by atoms with Crippen LogP contribution in [0.25, 0.3) is 0 Å². The van der Waals surface area contributed by atoms with E-state index < -0.39 is 5.97 Å². The molecule has 0 atom stereocenters. The van der Waals surface area contributed by atoms with Gasteiger partial charge in [0.1, 0.15) is 0 Å². The van der Waals surface area contributed by atoms with Crippen LogP contribution in [0.1, 0.15) is 23.1 Å². The van der Waals surface area contributed by atoms with Crippen LogP contribution < -0.4 is 0 Å². The number of nitrogens with zero attached hydrogens (tertiary/aromatic N) is 1. The molecule has 0 bridgehead atoms. The lowest BCUT2D eigenvalue weighted by atomic mass is 9.95. The lowest BCUT2D eigenvalue weighted by Gasteiger charge is -2.10. The van der Waals surface area contributed by atoms with Gasteiger partial charge in [-0.1, -0.05) is 18.2 Å². The molecule has 0 amide bonds. The second kappa shape index (κ2) is 5.89.